The third-order valence-corrected chi connectivity index (χ3v) is 5.28. The van der Waals surface area contributed by atoms with Crippen LogP contribution in [0.2, 0.25) is 0 Å². The van der Waals surface area contributed by atoms with Crippen molar-refractivity contribution in [1.29, 1.82) is 0 Å². The fraction of sp³-hybridized carbons (Fsp3) is 0.611. The molecule has 0 aromatic heterocycles. The highest BCUT2D eigenvalue weighted by Crippen LogP contribution is 2.38. The van der Waals surface area contributed by atoms with E-state index < -0.39 is 11.8 Å². The summed E-state index contributed by atoms with van der Waals surface area (Å²) in [4.78, 5) is 6.12. The molecule has 0 amide bonds. The van der Waals surface area contributed by atoms with Crippen LogP contribution in [0.15, 0.2) is 23.2 Å². The lowest BCUT2D eigenvalue weighted by Gasteiger charge is -2.36. The summed E-state index contributed by atoms with van der Waals surface area (Å²) in [5, 5.41) is 30.0. The van der Waals surface area contributed by atoms with Crippen molar-refractivity contribution in [1.82, 2.24) is 4.90 Å². The number of aromatic hydroxyl groups is 2. The van der Waals surface area contributed by atoms with Crippen molar-refractivity contribution in [2.75, 3.05) is 13.7 Å². The molecule has 5 N–H and O–H groups in total. The van der Waals surface area contributed by atoms with Gasteiger partial charge in [-0.05, 0) is 12.3 Å². The molecule has 2 aliphatic rings. The van der Waals surface area contributed by atoms with Gasteiger partial charge in [-0.1, -0.05) is 32.1 Å². The van der Waals surface area contributed by atoms with Crippen molar-refractivity contribution in [2.24, 2.45) is 16.6 Å². The molecule has 1 heterocycles. The lowest BCUT2D eigenvalue weighted by atomic mass is 9.79. The molecule has 0 spiro atoms. The van der Waals surface area contributed by atoms with E-state index in [0.717, 1.165) is 12.8 Å². The van der Waals surface area contributed by atoms with Crippen LogP contribution in [-0.2, 0) is 0 Å². The third kappa shape index (κ3) is 3.76. The first-order valence-electron chi connectivity index (χ1n) is 8.82. The average molecular weight is 349 g/mol. The van der Waals surface area contributed by atoms with Crippen molar-refractivity contribution < 1.29 is 20.1 Å². The van der Waals surface area contributed by atoms with E-state index in [1.54, 1.807) is 11.9 Å². The van der Waals surface area contributed by atoms with Crippen LogP contribution in [0.25, 0.3) is 0 Å². The molecule has 1 aromatic rings. The number of hydrogen-bond donors (Lipinski definition) is 4. The van der Waals surface area contributed by atoms with Crippen LogP contribution in [-0.4, -0.2) is 51.6 Å². The molecule has 138 valence electrons. The van der Waals surface area contributed by atoms with Crippen molar-refractivity contribution >= 4 is 5.96 Å². The fourth-order valence-corrected chi connectivity index (χ4v) is 3.92. The molecule has 3 rings (SSSR count). The first-order chi connectivity index (χ1) is 11.9. The maximum absolute atomic E-state index is 10.7. The van der Waals surface area contributed by atoms with E-state index >= 15 is 0 Å². The first-order valence-corrected chi connectivity index (χ1v) is 8.82. The van der Waals surface area contributed by atoms with Gasteiger partial charge in [-0.15, -0.1) is 0 Å². The zero-order chi connectivity index (χ0) is 18.0. The maximum atomic E-state index is 10.7. The molecule has 0 bridgehead atoms. The largest absolute Gasteiger partial charge is 0.508 e. The minimum atomic E-state index is -0.861. The maximum Gasteiger partial charge on any atom is 0.193 e. The molecule has 2 unspecified atom stereocenters. The summed E-state index contributed by atoms with van der Waals surface area (Å²) in [6, 6.07) is 4.08. The van der Waals surface area contributed by atoms with Gasteiger partial charge in [0.1, 0.15) is 29.4 Å². The number of nitrogens with zero attached hydrogens (tertiary/aromatic N) is 2. The number of aliphatic imine (C=N–C) groups is 1. The standard InChI is InChI=1S/C18H27N3O4/c1-21-16(24)18(20-17(21)19,10-12-5-3-2-4-6-12)11-25-15-8-13(22)7-14(23)9-15/h7-9,12,16,22-24H,2-6,10-11H2,1H3,(H2,19,20). The Morgan fingerprint density at radius 3 is 2.40 bits per heavy atom. The molecule has 1 aliphatic carbocycles. The van der Waals surface area contributed by atoms with E-state index in [2.05, 4.69) is 4.99 Å². The Hall–Kier alpha value is -2.15. The van der Waals surface area contributed by atoms with Gasteiger partial charge >= 0.3 is 0 Å². The highest BCUT2D eigenvalue weighted by molar-refractivity contribution is 5.80. The lowest BCUT2D eigenvalue weighted by molar-refractivity contribution is -0.0161. The van der Waals surface area contributed by atoms with E-state index in [-0.39, 0.29) is 18.1 Å². The van der Waals surface area contributed by atoms with Gasteiger partial charge in [-0.3, -0.25) is 0 Å². The highest BCUT2D eigenvalue weighted by atomic mass is 16.5. The van der Waals surface area contributed by atoms with E-state index in [1.165, 1.54) is 37.5 Å². The fourth-order valence-electron chi connectivity index (χ4n) is 3.92. The number of aliphatic hydroxyl groups excluding tert-OH is 1. The molecule has 7 heteroatoms. The summed E-state index contributed by atoms with van der Waals surface area (Å²) in [5.41, 5.74) is 5.10. The summed E-state index contributed by atoms with van der Waals surface area (Å²) >= 11 is 0. The Morgan fingerprint density at radius 1 is 1.20 bits per heavy atom. The second-order valence-corrected chi connectivity index (χ2v) is 7.24. The summed E-state index contributed by atoms with van der Waals surface area (Å²) < 4.78 is 5.79. The highest BCUT2D eigenvalue weighted by Gasteiger charge is 2.48. The molecule has 7 nitrogen and oxygen atoms in total. The Kier molecular flexibility index (Phi) is 4.94. The Morgan fingerprint density at radius 2 is 1.84 bits per heavy atom. The Bertz CT molecular complexity index is 625. The van der Waals surface area contributed by atoms with E-state index in [9.17, 15) is 15.3 Å². The number of hydrogen-bond acceptors (Lipinski definition) is 7. The molecular weight excluding hydrogens is 322 g/mol. The first kappa shape index (κ1) is 17.7. The quantitative estimate of drug-likeness (QED) is 0.644. The van der Waals surface area contributed by atoms with Crippen LogP contribution in [0.4, 0.5) is 0 Å². The van der Waals surface area contributed by atoms with Crippen LogP contribution in [0.1, 0.15) is 38.5 Å². The second-order valence-electron chi connectivity index (χ2n) is 7.24. The molecule has 1 saturated carbocycles. The van der Waals surface area contributed by atoms with Gasteiger partial charge < -0.3 is 30.7 Å². The number of phenols is 2. The number of nitrogens with two attached hydrogens (primary N) is 1. The normalized spacial score (nSPS) is 27.4. The van der Waals surface area contributed by atoms with Crippen LogP contribution in [0.5, 0.6) is 17.2 Å². The third-order valence-electron chi connectivity index (χ3n) is 5.28. The zero-order valence-electron chi connectivity index (χ0n) is 14.6. The minimum Gasteiger partial charge on any atom is -0.508 e. The topological polar surface area (TPSA) is 112 Å². The molecule has 1 aliphatic heterocycles. The second kappa shape index (κ2) is 7.00. The summed E-state index contributed by atoms with van der Waals surface area (Å²) in [5.74, 6) is 0.946. The molecule has 1 fully saturated rings. The van der Waals surface area contributed by atoms with Crippen molar-refractivity contribution in [2.45, 2.75) is 50.3 Å². The van der Waals surface area contributed by atoms with Crippen LogP contribution in [0.3, 0.4) is 0 Å². The van der Waals surface area contributed by atoms with Gasteiger partial charge in [0.25, 0.3) is 0 Å². The Labute approximate surface area is 147 Å². The average Bonchev–Trinajstić information content (AvgIpc) is 2.78. The monoisotopic (exact) mass is 349 g/mol. The van der Waals surface area contributed by atoms with Crippen LogP contribution >= 0.6 is 0 Å². The van der Waals surface area contributed by atoms with Gasteiger partial charge in [-0.2, -0.15) is 0 Å². The van der Waals surface area contributed by atoms with Crippen molar-refractivity contribution in [3.05, 3.63) is 18.2 Å². The van der Waals surface area contributed by atoms with Crippen molar-refractivity contribution in [3.8, 4) is 17.2 Å². The smallest absolute Gasteiger partial charge is 0.193 e. The van der Waals surface area contributed by atoms with E-state index in [4.69, 9.17) is 10.5 Å². The van der Waals surface area contributed by atoms with Crippen LogP contribution < -0.4 is 10.5 Å². The summed E-state index contributed by atoms with van der Waals surface area (Å²) in [7, 11) is 1.71. The number of rotatable bonds is 5. The number of aliphatic hydroxyl groups is 1. The van der Waals surface area contributed by atoms with Gasteiger partial charge in [0.15, 0.2) is 12.2 Å². The SMILES string of the molecule is CN1C(N)=NC(COc2cc(O)cc(O)c2)(CC2CCCCC2)C1O. The van der Waals surface area contributed by atoms with Crippen LogP contribution in [0, 0.1) is 5.92 Å². The number of benzene rings is 1. The molecule has 2 atom stereocenters. The van der Waals surface area contributed by atoms with E-state index in [0.29, 0.717) is 24.0 Å². The number of phenolic OH excluding ortho intramolecular Hbond substituents is 2. The molecule has 0 radical (unpaired) electrons. The van der Waals surface area contributed by atoms with Crippen molar-refractivity contribution in [3.63, 3.8) is 0 Å². The zero-order valence-corrected chi connectivity index (χ0v) is 14.6. The summed E-state index contributed by atoms with van der Waals surface area (Å²) in [6.07, 6.45) is 5.75. The number of likely N-dealkylation sites (N-methyl/N-ethyl adjacent to an activating group) is 1. The van der Waals surface area contributed by atoms with Gasteiger partial charge in [-0.25, -0.2) is 4.99 Å². The van der Waals surface area contributed by atoms with Gasteiger partial charge in [0, 0.05) is 25.2 Å². The van der Waals surface area contributed by atoms with Gasteiger partial charge in [0.05, 0.1) is 0 Å². The molecule has 0 saturated heterocycles. The number of guanidine groups is 1. The number of ether oxygens (including phenoxy) is 1. The molecular formula is C18H27N3O4. The predicted molar refractivity (Wildman–Crippen MR) is 94.6 cm³/mol. The van der Waals surface area contributed by atoms with E-state index in [1.807, 2.05) is 0 Å². The lowest BCUT2D eigenvalue weighted by Crippen LogP contribution is -2.50. The molecule has 1 aromatic carbocycles. The summed E-state index contributed by atoms with van der Waals surface area (Å²) in [6.45, 7) is 0.124. The minimum absolute atomic E-state index is 0.0802. The predicted octanol–water partition coefficient (Wildman–Crippen LogP) is 1.76. The van der Waals surface area contributed by atoms with Gasteiger partial charge in [0.2, 0.25) is 0 Å². The molecule has 25 heavy (non-hydrogen) atoms. The Balaban J connectivity index is 1.79.